The summed E-state index contributed by atoms with van der Waals surface area (Å²) in [6.07, 6.45) is -2.22. The summed E-state index contributed by atoms with van der Waals surface area (Å²) in [6.45, 7) is 1.85. The predicted octanol–water partition coefficient (Wildman–Crippen LogP) is 5.78. The third kappa shape index (κ3) is 8.72. The minimum Gasteiger partial charge on any atom is -0.391 e. The summed E-state index contributed by atoms with van der Waals surface area (Å²) in [5, 5.41) is 11.5. The number of halogens is 4. The maximum absolute atomic E-state index is 9.50. The van der Waals surface area contributed by atoms with Crippen LogP contribution in [0, 0.1) is 11.8 Å². The number of hydrogen-bond acceptors (Lipinski definition) is 5. The van der Waals surface area contributed by atoms with Crippen molar-refractivity contribution in [3.8, 4) is 11.8 Å². The number of methoxy groups -OCH3 is 1. The molecule has 0 heterocycles. The summed E-state index contributed by atoms with van der Waals surface area (Å²) >= 11 is 24.4. The highest BCUT2D eigenvalue weighted by Crippen LogP contribution is 2.24. The van der Waals surface area contributed by atoms with Crippen LogP contribution < -0.4 is 0 Å². The van der Waals surface area contributed by atoms with Gasteiger partial charge in [-0.2, -0.15) is 0 Å². The largest absolute Gasteiger partial charge is 0.391 e. The minimum absolute atomic E-state index is 0.104. The molecule has 0 aliphatic heterocycles. The number of rotatable bonds is 12. The van der Waals surface area contributed by atoms with E-state index in [0.717, 1.165) is 11.1 Å². The lowest BCUT2D eigenvalue weighted by molar-refractivity contribution is -0.207. The Kier molecular flexibility index (Phi) is 12.1. The Morgan fingerprint density at radius 2 is 1.53 bits per heavy atom. The highest BCUT2D eigenvalue weighted by molar-refractivity contribution is 6.35. The molecule has 1 N–H and O–H groups in total. The minimum atomic E-state index is -0.869. The smallest absolute Gasteiger partial charge is 0.180 e. The van der Waals surface area contributed by atoms with E-state index >= 15 is 0 Å². The first-order valence-corrected chi connectivity index (χ1v) is 11.2. The van der Waals surface area contributed by atoms with Gasteiger partial charge in [0, 0.05) is 27.2 Å². The summed E-state index contributed by atoms with van der Waals surface area (Å²) in [4.78, 5) is 0. The number of ether oxygens (including phenoxy) is 4. The molecule has 0 aliphatic carbocycles. The third-order valence-electron chi connectivity index (χ3n) is 4.35. The summed E-state index contributed by atoms with van der Waals surface area (Å²) in [5.41, 5.74) is 1.52. The van der Waals surface area contributed by atoms with Crippen molar-refractivity contribution < 1.29 is 24.1 Å². The highest BCUT2D eigenvalue weighted by atomic mass is 35.5. The van der Waals surface area contributed by atoms with Gasteiger partial charge in [0.2, 0.25) is 0 Å². The van der Waals surface area contributed by atoms with E-state index in [9.17, 15) is 5.11 Å². The fourth-order valence-electron chi connectivity index (χ4n) is 2.69. The second-order valence-corrected chi connectivity index (χ2v) is 8.32. The van der Waals surface area contributed by atoms with Gasteiger partial charge >= 0.3 is 0 Å². The molecule has 174 valence electrons. The fourth-order valence-corrected chi connectivity index (χ4v) is 3.62. The van der Waals surface area contributed by atoms with Gasteiger partial charge in [0.1, 0.15) is 12.2 Å². The van der Waals surface area contributed by atoms with E-state index < -0.39 is 18.5 Å². The van der Waals surface area contributed by atoms with Crippen LogP contribution >= 0.6 is 46.4 Å². The standard InChI is InChI=1S/C23H24Cl4O5/c1-3-4-21(31-13-16-6-8-18(25)10-20(16)27)22(32-23(11-28)29-2)14-30-12-15-5-7-17(24)9-19(15)26/h5-10,21-23,28H,11-14H2,1-2H3/t21-,22+,23?/m0/s1. The van der Waals surface area contributed by atoms with Crippen LogP contribution in [0.15, 0.2) is 36.4 Å². The van der Waals surface area contributed by atoms with E-state index in [0.29, 0.717) is 20.1 Å². The van der Waals surface area contributed by atoms with Crippen LogP contribution in [0.3, 0.4) is 0 Å². The van der Waals surface area contributed by atoms with Crippen LogP contribution in [0.2, 0.25) is 20.1 Å². The molecule has 0 amide bonds. The van der Waals surface area contributed by atoms with Gasteiger partial charge in [-0.3, -0.25) is 0 Å². The predicted molar refractivity (Wildman–Crippen MR) is 127 cm³/mol. The third-order valence-corrected chi connectivity index (χ3v) is 5.52. The van der Waals surface area contributed by atoms with Crippen LogP contribution in [-0.4, -0.2) is 43.9 Å². The average molecular weight is 522 g/mol. The Morgan fingerprint density at radius 1 is 0.938 bits per heavy atom. The zero-order valence-electron chi connectivity index (χ0n) is 17.6. The summed E-state index contributed by atoms with van der Waals surface area (Å²) in [6, 6.07) is 10.3. The zero-order chi connectivity index (χ0) is 23.5. The van der Waals surface area contributed by atoms with E-state index in [2.05, 4.69) is 11.8 Å². The van der Waals surface area contributed by atoms with Gasteiger partial charge in [0.25, 0.3) is 0 Å². The van der Waals surface area contributed by atoms with Gasteiger partial charge in [-0.15, -0.1) is 5.92 Å². The van der Waals surface area contributed by atoms with Crippen molar-refractivity contribution in [3.63, 3.8) is 0 Å². The van der Waals surface area contributed by atoms with Crippen molar-refractivity contribution in [3.05, 3.63) is 67.6 Å². The van der Waals surface area contributed by atoms with Crippen LogP contribution in [0.4, 0.5) is 0 Å². The van der Waals surface area contributed by atoms with Crippen LogP contribution in [0.5, 0.6) is 0 Å². The Labute approximate surface area is 208 Å². The Bertz CT molecular complexity index is 924. The number of hydrogen-bond donors (Lipinski definition) is 1. The molecular weight excluding hydrogens is 498 g/mol. The Balaban J connectivity index is 2.11. The molecule has 9 heteroatoms. The van der Waals surface area contributed by atoms with Gasteiger partial charge < -0.3 is 24.1 Å². The summed E-state index contributed by atoms with van der Waals surface area (Å²) in [5.74, 6) is 5.82. The molecule has 2 aromatic carbocycles. The molecule has 32 heavy (non-hydrogen) atoms. The van der Waals surface area contributed by atoms with Crippen molar-refractivity contribution in [1.29, 1.82) is 0 Å². The Morgan fingerprint density at radius 3 is 2.03 bits per heavy atom. The van der Waals surface area contributed by atoms with Crippen LogP contribution in [0.25, 0.3) is 0 Å². The molecule has 2 aromatic rings. The molecule has 0 aliphatic rings. The molecule has 0 saturated carbocycles. The second-order valence-electron chi connectivity index (χ2n) is 6.63. The molecule has 2 rings (SSSR count). The molecular formula is C23H24Cl4O5. The SMILES string of the molecule is CC#C[C@H](OCc1ccc(Cl)cc1Cl)[C@@H](COCc1ccc(Cl)cc1Cl)OC(CO)OC. The second kappa shape index (κ2) is 14.3. The summed E-state index contributed by atoms with van der Waals surface area (Å²) < 4.78 is 22.8. The molecule has 0 fully saturated rings. The molecule has 0 spiro atoms. The molecule has 1 unspecified atom stereocenters. The maximum atomic E-state index is 9.50. The van der Waals surface area contributed by atoms with E-state index in [-0.39, 0.29) is 26.4 Å². The van der Waals surface area contributed by atoms with Crippen LogP contribution in [0.1, 0.15) is 18.1 Å². The zero-order valence-corrected chi connectivity index (χ0v) is 20.6. The fraction of sp³-hybridized carbons (Fsp3) is 0.391. The van der Waals surface area contributed by atoms with Crippen molar-refractivity contribution in [2.45, 2.75) is 38.6 Å². The lowest BCUT2D eigenvalue weighted by Crippen LogP contribution is -2.39. The van der Waals surface area contributed by atoms with Gasteiger partial charge in [0.05, 0.1) is 26.4 Å². The Hall–Kier alpha value is -1.04. The van der Waals surface area contributed by atoms with Gasteiger partial charge in [0.15, 0.2) is 6.29 Å². The van der Waals surface area contributed by atoms with Gasteiger partial charge in [-0.1, -0.05) is 64.5 Å². The van der Waals surface area contributed by atoms with Gasteiger partial charge in [-0.25, -0.2) is 0 Å². The monoisotopic (exact) mass is 520 g/mol. The normalized spacial score (nSPS) is 13.8. The topological polar surface area (TPSA) is 57.2 Å². The molecule has 0 aromatic heterocycles. The van der Waals surface area contributed by atoms with Crippen molar-refractivity contribution in [2.24, 2.45) is 0 Å². The van der Waals surface area contributed by atoms with Gasteiger partial charge in [-0.05, 0) is 42.3 Å². The van der Waals surface area contributed by atoms with Crippen LogP contribution in [-0.2, 0) is 32.2 Å². The van der Waals surface area contributed by atoms with Crippen molar-refractivity contribution in [1.82, 2.24) is 0 Å². The average Bonchev–Trinajstić information content (AvgIpc) is 2.76. The lowest BCUT2D eigenvalue weighted by atomic mass is 10.2. The van der Waals surface area contributed by atoms with E-state index in [1.807, 2.05) is 0 Å². The quantitative estimate of drug-likeness (QED) is 0.283. The first-order valence-electron chi connectivity index (χ1n) is 9.66. The maximum Gasteiger partial charge on any atom is 0.180 e. The first kappa shape index (κ1) is 27.2. The molecule has 0 saturated heterocycles. The van der Waals surface area contributed by atoms with E-state index in [1.54, 1.807) is 43.3 Å². The summed E-state index contributed by atoms with van der Waals surface area (Å²) in [7, 11) is 1.43. The van der Waals surface area contributed by atoms with E-state index in [4.69, 9.17) is 65.4 Å². The molecule has 0 bridgehead atoms. The molecule has 0 radical (unpaired) electrons. The van der Waals surface area contributed by atoms with E-state index in [1.165, 1.54) is 7.11 Å². The molecule has 5 nitrogen and oxygen atoms in total. The number of benzene rings is 2. The first-order chi connectivity index (χ1) is 15.4. The van der Waals surface area contributed by atoms with Crippen molar-refractivity contribution in [2.75, 3.05) is 20.3 Å². The number of aliphatic hydroxyl groups is 1. The molecule has 3 atom stereocenters. The number of aliphatic hydroxyl groups excluding tert-OH is 1. The highest BCUT2D eigenvalue weighted by Gasteiger charge is 2.26. The van der Waals surface area contributed by atoms with Crippen molar-refractivity contribution >= 4 is 46.4 Å². The lowest BCUT2D eigenvalue weighted by Gasteiger charge is -2.27.